The molecule has 3 rings (SSSR count). The molecular formula is C15H9BrN2O4. The highest BCUT2D eigenvalue weighted by Gasteiger charge is 2.36. The molecular weight excluding hydrogens is 352 g/mol. The molecule has 0 saturated carbocycles. The summed E-state index contributed by atoms with van der Waals surface area (Å²) in [7, 11) is 0. The molecule has 6 nitrogen and oxygen atoms in total. The summed E-state index contributed by atoms with van der Waals surface area (Å²) in [6.07, 6.45) is 2.73. The first kappa shape index (κ1) is 14.3. The summed E-state index contributed by atoms with van der Waals surface area (Å²) in [6.45, 7) is 0. The number of furan rings is 1. The van der Waals surface area contributed by atoms with Crippen molar-refractivity contribution in [3.63, 3.8) is 0 Å². The van der Waals surface area contributed by atoms with Crippen LogP contribution in [0.15, 0.2) is 57.1 Å². The van der Waals surface area contributed by atoms with E-state index in [0.717, 1.165) is 9.37 Å². The maximum Gasteiger partial charge on any atom is 0.335 e. The number of carbonyl (C=O) groups excluding carboxylic acids is 3. The Morgan fingerprint density at radius 1 is 1.09 bits per heavy atom. The third kappa shape index (κ3) is 2.58. The molecule has 0 bridgehead atoms. The number of halogens is 1. The largest absolute Gasteiger partial charge is 0.465 e. The van der Waals surface area contributed by atoms with Gasteiger partial charge in [0.1, 0.15) is 11.3 Å². The van der Waals surface area contributed by atoms with Crippen LogP contribution in [0.3, 0.4) is 0 Å². The molecule has 1 aliphatic rings. The number of nitrogens with one attached hydrogen (secondary N) is 1. The van der Waals surface area contributed by atoms with Gasteiger partial charge >= 0.3 is 6.03 Å². The fourth-order valence-electron chi connectivity index (χ4n) is 2.00. The molecule has 1 saturated heterocycles. The highest BCUT2D eigenvalue weighted by atomic mass is 79.9. The van der Waals surface area contributed by atoms with Gasteiger partial charge in [-0.25, -0.2) is 9.69 Å². The van der Waals surface area contributed by atoms with Gasteiger partial charge in [0, 0.05) is 4.47 Å². The zero-order chi connectivity index (χ0) is 15.7. The van der Waals surface area contributed by atoms with Gasteiger partial charge in [-0.05, 0) is 42.5 Å². The summed E-state index contributed by atoms with van der Waals surface area (Å²) in [5.74, 6) is -1.10. The van der Waals surface area contributed by atoms with E-state index in [-0.39, 0.29) is 5.57 Å². The number of benzene rings is 1. The topological polar surface area (TPSA) is 79.6 Å². The molecule has 22 heavy (non-hydrogen) atoms. The number of barbiturate groups is 1. The van der Waals surface area contributed by atoms with Crippen LogP contribution in [0.2, 0.25) is 0 Å². The molecule has 0 atom stereocenters. The van der Waals surface area contributed by atoms with Gasteiger partial charge in [0.25, 0.3) is 11.8 Å². The molecule has 2 heterocycles. The van der Waals surface area contributed by atoms with Gasteiger partial charge in [0.2, 0.25) is 0 Å². The Morgan fingerprint density at radius 3 is 2.45 bits per heavy atom. The van der Waals surface area contributed by atoms with Crippen LogP contribution in [-0.2, 0) is 9.59 Å². The smallest absolute Gasteiger partial charge is 0.335 e. The molecule has 7 heteroatoms. The number of imide groups is 2. The second-order valence-electron chi connectivity index (χ2n) is 4.45. The lowest BCUT2D eigenvalue weighted by Crippen LogP contribution is -2.54. The van der Waals surface area contributed by atoms with Gasteiger partial charge in [0.15, 0.2) is 0 Å². The lowest BCUT2D eigenvalue weighted by atomic mass is 10.1. The summed E-state index contributed by atoms with van der Waals surface area (Å²) >= 11 is 3.28. The standard InChI is InChI=1S/C15H9BrN2O4/c16-9-3-5-10(6-4-9)18-14(20)12(13(19)17-15(18)21)8-11-2-1-7-22-11/h1-8H,(H,17,19,21)/b12-8+. The minimum atomic E-state index is -0.783. The second-order valence-corrected chi connectivity index (χ2v) is 5.37. The van der Waals surface area contributed by atoms with E-state index in [1.165, 1.54) is 12.3 Å². The number of hydrogen-bond acceptors (Lipinski definition) is 4. The zero-order valence-electron chi connectivity index (χ0n) is 11.1. The van der Waals surface area contributed by atoms with Gasteiger partial charge < -0.3 is 4.42 Å². The van der Waals surface area contributed by atoms with Crippen LogP contribution in [-0.4, -0.2) is 17.8 Å². The number of nitrogens with zero attached hydrogens (tertiary/aromatic N) is 1. The number of urea groups is 1. The Morgan fingerprint density at radius 2 is 1.82 bits per heavy atom. The van der Waals surface area contributed by atoms with Gasteiger partial charge in [-0.2, -0.15) is 0 Å². The minimum Gasteiger partial charge on any atom is -0.465 e. The quantitative estimate of drug-likeness (QED) is 0.659. The molecule has 1 aromatic carbocycles. The predicted octanol–water partition coefficient (Wildman–Crippen LogP) is 2.71. The third-order valence-corrected chi connectivity index (χ3v) is 3.54. The maximum absolute atomic E-state index is 12.5. The molecule has 0 unspecified atom stereocenters. The number of rotatable bonds is 2. The molecule has 1 N–H and O–H groups in total. The van der Waals surface area contributed by atoms with Crippen molar-refractivity contribution in [1.29, 1.82) is 0 Å². The number of amides is 4. The van der Waals surface area contributed by atoms with Crippen molar-refractivity contribution in [2.24, 2.45) is 0 Å². The Hall–Kier alpha value is -2.67. The van der Waals surface area contributed by atoms with E-state index in [1.807, 2.05) is 0 Å². The van der Waals surface area contributed by atoms with Crippen LogP contribution >= 0.6 is 15.9 Å². The molecule has 110 valence electrons. The number of carbonyl (C=O) groups is 3. The molecule has 0 spiro atoms. The highest BCUT2D eigenvalue weighted by Crippen LogP contribution is 2.23. The fraction of sp³-hybridized carbons (Fsp3) is 0. The normalized spacial score (nSPS) is 17.0. The van der Waals surface area contributed by atoms with Crippen molar-refractivity contribution in [3.8, 4) is 0 Å². The van der Waals surface area contributed by atoms with Gasteiger partial charge in [-0.3, -0.25) is 14.9 Å². The van der Waals surface area contributed by atoms with Crippen molar-refractivity contribution >= 4 is 45.5 Å². The Bertz CT molecular complexity index is 778. The van der Waals surface area contributed by atoms with Crippen LogP contribution in [0.25, 0.3) is 6.08 Å². The Kier molecular flexibility index (Phi) is 3.64. The molecule has 0 radical (unpaired) electrons. The lowest BCUT2D eigenvalue weighted by molar-refractivity contribution is -0.122. The van der Waals surface area contributed by atoms with Crippen LogP contribution in [0.4, 0.5) is 10.5 Å². The second kappa shape index (κ2) is 5.61. The van der Waals surface area contributed by atoms with Crippen molar-refractivity contribution in [2.75, 3.05) is 4.90 Å². The van der Waals surface area contributed by atoms with E-state index >= 15 is 0 Å². The van der Waals surface area contributed by atoms with E-state index in [4.69, 9.17) is 4.42 Å². The SMILES string of the molecule is O=C1NC(=O)N(c2ccc(Br)cc2)C(=O)/C1=C/c1ccco1. The molecule has 0 aliphatic carbocycles. The third-order valence-electron chi connectivity index (χ3n) is 3.02. The van der Waals surface area contributed by atoms with Crippen molar-refractivity contribution in [1.82, 2.24) is 5.32 Å². The van der Waals surface area contributed by atoms with Crippen LogP contribution in [0.5, 0.6) is 0 Å². The summed E-state index contributed by atoms with van der Waals surface area (Å²) in [6, 6.07) is 9.05. The van der Waals surface area contributed by atoms with E-state index in [1.54, 1.807) is 36.4 Å². The minimum absolute atomic E-state index is 0.169. The summed E-state index contributed by atoms with van der Waals surface area (Å²) < 4.78 is 5.91. The molecule has 1 aliphatic heterocycles. The van der Waals surface area contributed by atoms with Gasteiger partial charge in [0.05, 0.1) is 12.0 Å². The van der Waals surface area contributed by atoms with Crippen molar-refractivity contribution in [2.45, 2.75) is 0 Å². The molecule has 1 fully saturated rings. The fourth-order valence-corrected chi connectivity index (χ4v) is 2.26. The molecule has 2 aromatic rings. The number of anilines is 1. The van der Waals surface area contributed by atoms with Gasteiger partial charge in [-0.15, -0.1) is 0 Å². The van der Waals surface area contributed by atoms with Gasteiger partial charge in [-0.1, -0.05) is 15.9 Å². The Balaban J connectivity index is 2.01. The average molecular weight is 361 g/mol. The first-order chi connectivity index (χ1) is 10.6. The monoisotopic (exact) mass is 360 g/mol. The highest BCUT2D eigenvalue weighted by molar-refractivity contribution is 9.10. The first-order valence-corrected chi connectivity index (χ1v) is 7.06. The molecule has 1 aromatic heterocycles. The zero-order valence-corrected chi connectivity index (χ0v) is 12.7. The average Bonchev–Trinajstić information content (AvgIpc) is 2.98. The maximum atomic E-state index is 12.5. The van der Waals surface area contributed by atoms with Crippen molar-refractivity contribution < 1.29 is 18.8 Å². The van der Waals surface area contributed by atoms with E-state index in [0.29, 0.717) is 11.4 Å². The summed E-state index contributed by atoms with van der Waals surface area (Å²) in [5.41, 5.74) is 0.195. The van der Waals surface area contributed by atoms with E-state index in [2.05, 4.69) is 21.2 Å². The number of hydrogen-bond donors (Lipinski definition) is 1. The first-order valence-electron chi connectivity index (χ1n) is 6.27. The summed E-state index contributed by atoms with van der Waals surface area (Å²) in [4.78, 5) is 37.2. The van der Waals surface area contributed by atoms with E-state index < -0.39 is 17.8 Å². The summed E-state index contributed by atoms with van der Waals surface area (Å²) in [5, 5.41) is 2.14. The van der Waals surface area contributed by atoms with Crippen LogP contribution in [0, 0.1) is 0 Å². The van der Waals surface area contributed by atoms with Crippen molar-refractivity contribution in [3.05, 3.63) is 58.5 Å². The van der Waals surface area contributed by atoms with Crippen LogP contribution in [0.1, 0.15) is 5.76 Å². The Labute approximate surface area is 133 Å². The molecule has 4 amide bonds. The van der Waals surface area contributed by atoms with Crippen LogP contribution < -0.4 is 10.2 Å². The lowest BCUT2D eigenvalue weighted by Gasteiger charge is -2.26. The van der Waals surface area contributed by atoms with E-state index in [9.17, 15) is 14.4 Å². The predicted molar refractivity (Wildman–Crippen MR) is 81.9 cm³/mol.